The molecule has 0 radical (unpaired) electrons. The van der Waals surface area contributed by atoms with Crippen molar-refractivity contribution < 1.29 is 5.11 Å². The third-order valence-corrected chi connectivity index (χ3v) is 3.42. The van der Waals surface area contributed by atoms with Crippen LogP contribution in [0.4, 0.5) is 0 Å². The molecule has 0 spiro atoms. The van der Waals surface area contributed by atoms with E-state index >= 15 is 0 Å². The predicted molar refractivity (Wildman–Crippen MR) is 73.5 cm³/mol. The van der Waals surface area contributed by atoms with E-state index in [0.717, 1.165) is 12.4 Å². The van der Waals surface area contributed by atoms with Gasteiger partial charge in [-0.25, -0.2) is 0 Å². The maximum Gasteiger partial charge on any atom is 0.123 e. The SMILES string of the molecule is CCCCCCCCCCC1CNC(CO)=N1. The first-order chi connectivity index (χ1) is 8.36. The Hall–Kier alpha value is -0.570. The van der Waals surface area contributed by atoms with Crippen molar-refractivity contribution in [2.24, 2.45) is 4.99 Å². The van der Waals surface area contributed by atoms with E-state index < -0.39 is 0 Å². The number of aliphatic hydroxyl groups is 1. The monoisotopic (exact) mass is 240 g/mol. The Morgan fingerprint density at radius 2 is 1.76 bits per heavy atom. The molecule has 0 saturated heterocycles. The Kier molecular flexibility index (Phi) is 8.06. The molecule has 0 amide bonds. The van der Waals surface area contributed by atoms with Crippen LogP contribution in [0.3, 0.4) is 0 Å². The summed E-state index contributed by atoms with van der Waals surface area (Å²) in [6.45, 7) is 3.25. The summed E-state index contributed by atoms with van der Waals surface area (Å²) < 4.78 is 0. The molecule has 17 heavy (non-hydrogen) atoms. The van der Waals surface area contributed by atoms with Crippen LogP contribution in [0, 0.1) is 0 Å². The van der Waals surface area contributed by atoms with Crippen LogP contribution < -0.4 is 5.32 Å². The van der Waals surface area contributed by atoms with E-state index in [0.29, 0.717) is 6.04 Å². The van der Waals surface area contributed by atoms with Gasteiger partial charge in [-0.15, -0.1) is 0 Å². The molecular weight excluding hydrogens is 212 g/mol. The highest BCUT2D eigenvalue weighted by molar-refractivity contribution is 5.84. The van der Waals surface area contributed by atoms with Crippen molar-refractivity contribution in [3.63, 3.8) is 0 Å². The Labute approximate surface area is 106 Å². The summed E-state index contributed by atoms with van der Waals surface area (Å²) in [4.78, 5) is 4.42. The Balaban J connectivity index is 1.86. The summed E-state index contributed by atoms with van der Waals surface area (Å²) in [7, 11) is 0. The zero-order valence-electron chi connectivity index (χ0n) is 11.2. The fourth-order valence-corrected chi connectivity index (χ4v) is 2.32. The smallest absolute Gasteiger partial charge is 0.123 e. The van der Waals surface area contributed by atoms with Gasteiger partial charge in [-0.05, 0) is 6.42 Å². The number of aliphatic imine (C=N–C) groups is 1. The summed E-state index contributed by atoms with van der Waals surface area (Å²) in [5.41, 5.74) is 0. The molecule has 0 saturated carbocycles. The maximum atomic E-state index is 8.90. The van der Waals surface area contributed by atoms with Crippen molar-refractivity contribution >= 4 is 5.84 Å². The number of hydrogen-bond donors (Lipinski definition) is 2. The number of nitrogens with one attached hydrogen (secondary N) is 1. The lowest BCUT2D eigenvalue weighted by Gasteiger charge is -2.05. The van der Waals surface area contributed by atoms with Crippen molar-refractivity contribution in [2.75, 3.05) is 13.2 Å². The molecule has 0 aromatic heterocycles. The molecule has 1 heterocycles. The molecule has 1 aliphatic heterocycles. The standard InChI is InChI=1S/C14H28N2O/c1-2-3-4-5-6-7-8-9-10-13-11-15-14(12-17)16-13/h13,17H,2-12H2,1H3,(H,15,16). The van der Waals surface area contributed by atoms with Crippen molar-refractivity contribution in [1.29, 1.82) is 0 Å². The van der Waals surface area contributed by atoms with Crippen LogP contribution in [0.15, 0.2) is 4.99 Å². The van der Waals surface area contributed by atoms with E-state index in [9.17, 15) is 0 Å². The summed E-state index contributed by atoms with van der Waals surface area (Å²) in [5.74, 6) is 0.773. The van der Waals surface area contributed by atoms with Crippen LogP contribution in [0.25, 0.3) is 0 Å². The molecule has 1 rings (SSSR count). The molecule has 0 aromatic rings. The first kappa shape index (κ1) is 14.5. The van der Waals surface area contributed by atoms with Crippen molar-refractivity contribution in [3.05, 3.63) is 0 Å². The number of aliphatic hydroxyl groups excluding tert-OH is 1. The lowest BCUT2D eigenvalue weighted by Crippen LogP contribution is -2.23. The predicted octanol–water partition coefficient (Wildman–Crippen LogP) is 2.88. The second kappa shape index (κ2) is 9.46. The first-order valence-corrected chi connectivity index (χ1v) is 7.28. The lowest BCUT2D eigenvalue weighted by atomic mass is 10.1. The summed E-state index contributed by atoms with van der Waals surface area (Å²) >= 11 is 0. The third kappa shape index (κ3) is 6.67. The van der Waals surface area contributed by atoms with Crippen LogP contribution in [-0.2, 0) is 0 Å². The third-order valence-electron chi connectivity index (χ3n) is 3.42. The first-order valence-electron chi connectivity index (χ1n) is 7.28. The number of hydrogen-bond acceptors (Lipinski definition) is 3. The Morgan fingerprint density at radius 1 is 1.12 bits per heavy atom. The summed E-state index contributed by atoms with van der Waals surface area (Å²) in [6.07, 6.45) is 12.1. The van der Waals surface area contributed by atoms with Gasteiger partial charge in [0.2, 0.25) is 0 Å². The summed E-state index contributed by atoms with van der Waals surface area (Å²) in [5, 5.41) is 12.0. The molecule has 1 atom stereocenters. The molecule has 0 bridgehead atoms. The van der Waals surface area contributed by atoms with Gasteiger partial charge in [0.05, 0.1) is 6.04 Å². The number of nitrogens with zero attached hydrogens (tertiary/aromatic N) is 1. The highest BCUT2D eigenvalue weighted by Gasteiger charge is 2.14. The van der Waals surface area contributed by atoms with Gasteiger partial charge in [0.15, 0.2) is 0 Å². The molecule has 3 heteroatoms. The second-order valence-corrected chi connectivity index (χ2v) is 5.03. The average molecular weight is 240 g/mol. The second-order valence-electron chi connectivity index (χ2n) is 5.03. The molecule has 1 unspecified atom stereocenters. The average Bonchev–Trinajstić information content (AvgIpc) is 2.80. The Bertz CT molecular complexity index is 216. The van der Waals surface area contributed by atoms with Gasteiger partial charge in [-0.3, -0.25) is 4.99 Å². The highest BCUT2D eigenvalue weighted by Crippen LogP contribution is 2.13. The van der Waals surface area contributed by atoms with E-state index in [1.807, 2.05) is 0 Å². The van der Waals surface area contributed by atoms with Gasteiger partial charge in [0, 0.05) is 6.54 Å². The zero-order valence-corrected chi connectivity index (χ0v) is 11.2. The zero-order chi connectivity index (χ0) is 12.3. The number of rotatable bonds is 10. The van der Waals surface area contributed by atoms with Gasteiger partial charge in [-0.1, -0.05) is 58.3 Å². The molecule has 2 N–H and O–H groups in total. The van der Waals surface area contributed by atoms with Crippen molar-refractivity contribution in [1.82, 2.24) is 5.32 Å². The molecular formula is C14H28N2O. The van der Waals surface area contributed by atoms with Gasteiger partial charge < -0.3 is 10.4 Å². The molecule has 1 aliphatic rings. The van der Waals surface area contributed by atoms with Crippen LogP contribution in [0.1, 0.15) is 64.7 Å². The molecule has 0 aliphatic carbocycles. The largest absolute Gasteiger partial charge is 0.388 e. The van der Waals surface area contributed by atoms with E-state index in [-0.39, 0.29) is 6.61 Å². The minimum atomic E-state index is 0.0634. The highest BCUT2D eigenvalue weighted by atomic mass is 16.3. The van der Waals surface area contributed by atoms with Gasteiger partial charge in [-0.2, -0.15) is 0 Å². The molecule has 100 valence electrons. The van der Waals surface area contributed by atoms with E-state index in [1.165, 1.54) is 57.8 Å². The molecule has 3 nitrogen and oxygen atoms in total. The van der Waals surface area contributed by atoms with E-state index in [1.54, 1.807) is 0 Å². The fraction of sp³-hybridized carbons (Fsp3) is 0.929. The normalized spacial score (nSPS) is 19.2. The Morgan fingerprint density at radius 3 is 2.35 bits per heavy atom. The molecule has 0 fully saturated rings. The van der Waals surface area contributed by atoms with Crippen LogP contribution >= 0.6 is 0 Å². The number of unbranched alkanes of at least 4 members (excludes halogenated alkanes) is 7. The minimum absolute atomic E-state index is 0.0634. The van der Waals surface area contributed by atoms with Crippen molar-refractivity contribution in [2.45, 2.75) is 70.8 Å². The van der Waals surface area contributed by atoms with Crippen LogP contribution in [0.5, 0.6) is 0 Å². The van der Waals surface area contributed by atoms with Crippen LogP contribution in [-0.4, -0.2) is 30.1 Å². The van der Waals surface area contributed by atoms with Gasteiger partial charge >= 0.3 is 0 Å². The van der Waals surface area contributed by atoms with Gasteiger partial charge in [0.25, 0.3) is 0 Å². The van der Waals surface area contributed by atoms with Gasteiger partial charge in [0.1, 0.15) is 12.4 Å². The number of amidine groups is 1. The fourth-order valence-electron chi connectivity index (χ4n) is 2.32. The van der Waals surface area contributed by atoms with Crippen LogP contribution in [0.2, 0.25) is 0 Å². The quantitative estimate of drug-likeness (QED) is 0.577. The van der Waals surface area contributed by atoms with E-state index in [4.69, 9.17) is 5.11 Å². The molecule has 0 aromatic carbocycles. The van der Waals surface area contributed by atoms with Crippen molar-refractivity contribution in [3.8, 4) is 0 Å². The minimum Gasteiger partial charge on any atom is -0.388 e. The van der Waals surface area contributed by atoms with E-state index in [2.05, 4.69) is 17.2 Å². The summed E-state index contributed by atoms with van der Waals surface area (Å²) in [6, 6.07) is 0.414. The lowest BCUT2D eigenvalue weighted by molar-refractivity contribution is 0.354. The maximum absolute atomic E-state index is 8.90. The topological polar surface area (TPSA) is 44.6 Å².